The maximum atomic E-state index is 2.36. The van der Waals surface area contributed by atoms with Gasteiger partial charge >= 0.3 is 19.5 Å². The summed E-state index contributed by atoms with van der Waals surface area (Å²) in [5.74, 6) is 1.80. The molecule has 0 heterocycles. The van der Waals surface area contributed by atoms with Crippen LogP contribution in [0.5, 0.6) is 0 Å². The van der Waals surface area contributed by atoms with Crippen LogP contribution in [0.4, 0.5) is 0 Å². The summed E-state index contributed by atoms with van der Waals surface area (Å²) in [5, 5.41) is 8.39. The molecule has 0 aliphatic heterocycles. The van der Waals surface area contributed by atoms with Gasteiger partial charge in [-0.05, 0) is 72.3 Å². The second-order valence-electron chi connectivity index (χ2n) is 11.7. The molecule has 2 aliphatic carbocycles. The van der Waals surface area contributed by atoms with Gasteiger partial charge in [-0.2, -0.15) is 0 Å². The first-order valence-electron chi connectivity index (χ1n) is 16.6. The molecule has 1 fully saturated rings. The third-order valence-corrected chi connectivity index (χ3v) is 13.4. The quantitative estimate of drug-likeness (QED) is 0.135. The zero-order chi connectivity index (χ0) is 31.9. The minimum Gasteiger partial charge on any atom is -1.00 e. The predicted octanol–water partition coefficient (Wildman–Crippen LogP) is 6.42. The minimum absolute atomic E-state index is 0. The molecule has 247 valence electrons. The molecular formula is C45H42ClP2Ru. The monoisotopic (exact) mass is 781 g/mol. The Labute approximate surface area is 315 Å². The van der Waals surface area contributed by atoms with Gasteiger partial charge in [-0.25, -0.2) is 0 Å². The van der Waals surface area contributed by atoms with Crippen LogP contribution in [0.25, 0.3) is 0 Å². The number of hydrogen-bond donors (Lipinski definition) is 0. The van der Waals surface area contributed by atoms with Crippen LogP contribution >= 0.6 is 15.8 Å². The van der Waals surface area contributed by atoms with Crippen molar-refractivity contribution in [2.24, 2.45) is 11.8 Å². The van der Waals surface area contributed by atoms with Crippen LogP contribution in [0.3, 0.4) is 0 Å². The molecule has 0 saturated heterocycles. The van der Waals surface area contributed by atoms with Crippen molar-refractivity contribution in [2.45, 2.75) is 19.3 Å². The maximum Gasteiger partial charge on any atom is 1.00 e. The molecule has 4 heteroatoms. The fourth-order valence-electron chi connectivity index (χ4n) is 6.27. The van der Waals surface area contributed by atoms with E-state index in [-0.39, 0.29) is 31.9 Å². The molecular weight excluding hydrogens is 739 g/mol. The molecule has 0 spiro atoms. The number of rotatable bonds is 6. The maximum absolute atomic E-state index is 2.36. The Balaban J connectivity index is 0.000000172. The van der Waals surface area contributed by atoms with Gasteiger partial charge in [0.2, 0.25) is 0 Å². The van der Waals surface area contributed by atoms with E-state index in [0.29, 0.717) is 0 Å². The second kappa shape index (κ2) is 20.9. The summed E-state index contributed by atoms with van der Waals surface area (Å²) in [6.07, 6.45) is 13.4. The average molecular weight is 781 g/mol. The first kappa shape index (κ1) is 38.4. The van der Waals surface area contributed by atoms with Gasteiger partial charge in [0.25, 0.3) is 0 Å². The Morgan fingerprint density at radius 3 is 0.735 bits per heavy atom. The summed E-state index contributed by atoms with van der Waals surface area (Å²) in [6, 6.07) is 64.7. The van der Waals surface area contributed by atoms with Gasteiger partial charge < -0.3 is 12.4 Å². The first-order valence-corrected chi connectivity index (χ1v) is 19.3. The van der Waals surface area contributed by atoms with E-state index < -0.39 is 15.8 Å². The standard InChI is InChI=1S/2C18H15P.C9H12.ClH.Ru/c2*1-4-10-16(11-5-1)19(17-12-6-2-7-13-17)18-14-8-3-9-15-18;1-2-5-9-7-3-6-8(9)4-1;;/h2*1-15H;1-2,4-5,8-9H,3,6-7H2;1H;/q;;;;+1/p-1. The van der Waals surface area contributed by atoms with Gasteiger partial charge in [-0.1, -0.05) is 213 Å². The van der Waals surface area contributed by atoms with E-state index in [1.54, 1.807) is 0 Å². The Hall–Kier alpha value is -3.43. The summed E-state index contributed by atoms with van der Waals surface area (Å²) >= 11 is 0. The largest absolute Gasteiger partial charge is 1.00 e. The van der Waals surface area contributed by atoms with Crippen molar-refractivity contribution in [3.63, 3.8) is 0 Å². The molecule has 1 radical (unpaired) electrons. The van der Waals surface area contributed by atoms with Gasteiger partial charge in [-0.3, -0.25) is 0 Å². The van der Waals surface area contributed by atoms with Gasteiger partial charge in [0.1, 0.15) is 0 Å². The normalized spacial score (nSPS) is 15.4. The third-order valence-electron chi connectivity index (χ3n) is 8.54. The summed E-state index contributed by atoms with van der Waals surface area (Å²) in [4.78, 5) is 0. The molecule has 6 aromatic rings. The van der Waals surface area contributed by atoms with E-state index in [1.807, 2.05) is 0 Å². The van der Waals surface area contributed by atoms with Crippen molar-refractivity contribution in [1.29, 1.82) is 0 Å². The van der Waals surface area contributed by atoms with E-state index in [4.69, 9.17) is 0 Å². The predicted molar refractivity (Wildman–Crippen MR) is 209 cm³/mol. The molecule has 2 aliphatic rings. The second-order valence-corrected chi connectivity index (χ2v) is 16.2. The van der Waals surface area contributed by atoms with Crippen LogP contribution in [0.15, 0.2) is 206 Å². The number of allylic oxidation sites excluding steroid dienone is 4. The molecule has 6 aromatic carbocycles. The van der Waals surface area contributed by atoms with Gasteiger partial charge in [0.15, 0.2) is 0 Å². The summed E-state index contributed by atoms with van der Waals surface area (Å²) < 4.78 is 0. The molecule has 0 nitrogen and oxygen atoms in total. The van der Waals surface area contributed by atoms with Gasteiger partial charge in [-0.15, -0.1) is 0 Å². The van der Waals surface area contributed by atoms with Crippen LogP contribution in [0.1, 0.15) is 19.3 Å². The van der Waals surface area contributed by atoms with E-state index in [9.17, 15) is 0 Å². The summed E-state index contributed by atoms with van der Waals surface area (Å²) in [5.41, 5.74) is 0. The Morgan fingerprint density at radius 1 is 0.327 bits per heavy atom. The van der Waals surface area contributed by atoms with Crippen molar-refractivity contribution >= 4 is 47.7 Å². The zero-order valence-corrected chi connectivity index (χ0v) is 31.8. The number of hydrogen-bond acceptors (Lipinski definition) is 0. The van der Waals surface area contributed by atoms with Crippen molar-refractivity contribution in [2.75, 3.05) is 0 Å². The minimum atomic E-state index is -0.446. The smallest absolute Gasteiger partial charge is 1.00 e. The van der Waals surface area contributed by atoms with Crippen molar-refractivity contribution < 1.29 is 31.9 Å². The molecule has 0 bridgehead atoms. The van der Waals surface area contributed by atoms with Crippen LogP contribution < -0.4 is 44.2 Å². The van der Waals surface area contributed by atoms with Crippen molar-refractivity contribution in [3.8, 4) is 0 Å². The van der Waals surface area contributed by atoms with Crippen LogP contribution in [-0.4, -0.2) is 0 Å². The fourth-order valence-corrected chi connectivity index (χ4v) is 10.9. The van der Waals surface area contributed by atoms with E-state index in [0.717, 1.165) is 11.8 Å². The third kappa shape index (κ3) is 11.0. The molecule has 8 rings (SSSR count). The molecule has 49 heavy (non-hydrogen) atoms. The Bertz CT molecular complexity index is 1480. The van der Waals surface area contributed by atoms with Crippen molar-refractivity contribution in [1.82, 2.24) is 0 Å². The molecule has 2 unspecified atom stereocenters. The van der Waals surface area contributed by atoms with Crippen LogP contribution in [-0.2, 0) is 19.5 Å². The SMILES string of the molecule is C1=CC2CCCC2C=C1.[Cl-].[Ru+].c1ccc(P(c2ccccc2)c2ccccc2)cc1.c1ccc(P(c2ccccc2)c2ccccc2)cc1. The molecule has 0 N–H and O–H groups in total. The Kier molecular flexibility index (Phi) is 16.4. The van der Waals surface area contributed by atoms with Crippen molar-refractivity contribution in [3.05, 3.63) is 206 Å². The zero-order valence-electron chi connectivity index (χ0n) is 27.5. The van der Waals surface area contributed by atoms with Crippen LogP contribution in [0, 0.1) is 11.8 Å². The number of fused-ring (bicyclic) bond motifs is 1. The summed E-state index contributed by atoms with van der Waals surface area (Å²) in [6.45, 7) is 0. The average Bonchev–Trinajstić information content (AvgIpc) is 3.65. The summed E-state index contributed by atoms with van der Waals surface area (Å²) in [7, 11) is -0.892. The molecule has 0 aromatic heterocycles. The Morgan fingerprint density at radius 2 is 0.531 bits per heavy atom. The van der Waals surface area contributed by atoms with Crippen LogP contribution in [0.2, 0.25) is 0 Å². The number of benzene rings is 6. The first-order chi connectivity index (χ1) is 23.4. The molecule has 0 amide bonds. The van der Waals surface area contributed by atoms with Gasteiger partial charge in [0.05, 0.1) is 0 Å². The molecule has 2 atom stereocenters. The van der Waals surface area contributed by atoms with Gasteiger partial charge in [0, 0.05) is 0 Å². The van der Waals surface area contributed by atoms with E-state index in [1.165, 1.54) is 51.1 Å². The topological polar surface area (TPSA) is 0 Å². The molecule has 1 saturated carbocycles. The number of halogens is 1. The fraction of sp³-hybridized carbons (Fsp3) is 0.111. The van der Waals surface area contributed by atoms with E-state index >= 15 is 0 Å². The van der Waals surface area contributed by atoms with E-state index in [2.05, 4.69) is 206 Å².